The molecule has 0 radical (unpaired) electrons. The third-order valence-corrected chi connectivity index (χ3v) is 3.95. The number of nitrogens with zero attached hydrogens (tertiary/aromatic N) is 2. The SMILES string of the molecule is CC1CC1c1noc(C2CCCCC2O)n1. The molecule has 0 bridgehead atoms. The van der Waals surface area contributed by atoms with Gasteiger partial charge in [-0.3, -0.25) is 0 Å². The Bertz CT molecular complexity index is 377. The molecule has 4 heteroatoms. The molecule has 1 N–H and O–H groups in total. The first-order valence-electron chi connectivity index (χ1n) is 6.27. The number of aliphatic hydroxyl groups excluding tert-OH is 1. The van der Waals surface area contributed by atoms with Gasteiger partial charge in [0.05, 0.1) is 12.0 Å². The average molecular weight is 222 g/mol. The summed E-state index contributed by atoms with van der Waals surface area (Å²) >= 11 is 0. The fourth-order valence-electron chi connectivity index (χ4n) is 2.63. The van der Waals surface area contributed by atoms with Crippen LogP contribution in [0.3, 0.4) is 0 Å². The lowest BCUT2D eigenvalue weighted by atomic mass is 9.86. The molecule has 3 rings (SSSR count). The van der Waals surface area contributed by atoms with E-state index in [9.17, 15) is 5.11 Å². The maximum atomic E-state index is 9.91. The van der Waals surface area contributed by atoms with E-state index in [0.717, 1.165) is 31.5 Å². The van der Waals surface area contributed by atoms with E-state index in [-0.39, 0.29) is 12.0 Å². The van der Waals surface area contributed by atoms with E-state index in [0.29, 0.717) is 17.7 Å². The minimum Gasteiger partial charge on any atom is -0.392 e. The Morgan fingerprint density at radius 1 is 1.25 bits per heavy atom. The topological polar surface area (TPSA) is 59.2 Å². The first-order valence-corrected chi connectivity index (χ1v) is 6.27. The smallest absolute Gasteiger partial charge is 0.232 e. The van der Waals surface area contributed by atoms with Crippen LogP contribution in [0.25, 0.3) is 0 Å². The summed E-state index contributed by atoms with van der Waals surface area (Å²) in [4.78, 5) is 4.46. The molecule has 0 aromatic carbocycles. The van der Waals surface area contributed by atoms with Gasteiger partial charge in [-0.15, -0.1) is 0 Å². The highest BCUT2D eigenvalue weighted by Gasteiger charge is 2.39. The molecular formula is C12H18N2O2. The second kappa shape index (κ2) is 3.84. The molecule has 4 unspecified atom stereocenters. The van der Waals surface area contributed by atoms with Gasteiger partial charge in [-0.1, -0.05) is 24.9 Å². The van der Waals surface area contributed by atoms with Crippen molar-refractivity contribution >= 4 is 0 Å². The summed E-state index contributed by atoms with van der Waals surface area (Å²) in [5, 5.41) is 14.0. The lowest BCUT2D eigenvalue weighted by Crippen LogP contribution is -2.22. The Balaban J connectivity index is 1.75. The highest BCUT2D eigenvalue weighted by Crippen LogP contribution is 2.46. The van der Waals surface area contributed by atoms with Crippen LogP contribution in [0.5, 0.6) is 0 Å². The summed E-state index contributed by atoms with van der Waals surface area (Å²) in [5.74, 6) is 2.77. The minimum atomic E-state index is -0.293. The van der Waals surface area contributed by atoms with E-state index in [4.69, 9.17) is 4.52 Å². The molecule has 2 aliphatic rings. The highest BCUT2D eigenvalue weighted by atomic mass is 16.5. The largest absolute Gasteiger partial charge is 0.392 e. The van der Waals surface area contributed by atoms with Gasteiger partial charge in [0.1, 0.15) is 0 Å². The molecule has 0 saturated heterocycles. The van der Waals surface area contributed by atoms with E-state index in [1.165, 1.54) is 6.42 Å². The number of rotatable bonds is 2. The molecular weight excluding hydrogens is 204 g/mol. The average Bonchev–Trinajstić information content (AvgIpc) is 2.82. The van der Waals surface area contributed by atoms with Crippen molar-refractivity contribution in [2.75, 3.05) is 0 Å². The van der Waals surface area contributed by atoms with Crippen LogP contribution in [-0.2, 0) is 0 Å². The molecule has 2 fully saturated rings. The maximum absolute atomic E-state index is 9.91. The Labute approximate surface area is 95.0 Å². The standard InChI is InChI=1S/C12H18N2O2/c1-7-6-9(7)11-13-12(16-14-11)8-4-2-3-5-10(8)15/h7-10,15H,2-6H2,1H3. The van der Waals surface area contributed by atoms with Gasteiger partial charge in [0.2, 0.25) is 5.89 Å². The van der Waals surface area contributed by atoms with Crippen LogP contribution in [0, 0.1) is 5.92 Å². The van der Waals surface area contributed by atoms with Crippen molar-refractivity contribution in [2.24, 2.45) is 5.92 Å². The normalized spacial score (nSPS) is 38.6. The van der Waals surface area contributed by atoms with Gasteiger partial charge in [0.25, 0.3) is 0 Å². The Kier molecular flexibility index (Phi) is 2.46. The van der Waals surface area contributed by atoms with E-state index < -0.39 is 0 Å². The van der Waals surface area contributed by atoms with Gasteiger partial charge < -0.3 is 9.63 Å². The third kappa shape index (κ3) is 1.75. The molecule has 0 amide bonds. The van der Waals surface area contributed by atoms with E-state index in [1.807, 2.05) is 0 Å². The minimum absolute atomic E-state index is 0.0732. The van der Waals surface area contributed by atoms with E-state index in [2.05, 4.69) is 17.1 Å². The predicted octanol–water partition coefficient (Wildman–Crippen LogP) is 2.21. The van der Waals surface area contributed by atoms with Gasteiger partial charge >= 0.3 is 0 Å². The van der Waals surface area contributed by atoms with Gasteiger partial charge in [-0.2, -0.15) is 4.98 Å². The fourth-order valence-corrected chi connectivity index (χ4v) is 2.63. The van der Waals surface area contributed by atoms with Crippen LogP contribution in [0.15, 0.2) is 4.52 Å². The van der Waals surface area contributed by atoms with Gasteiger partial charge in [0, 0.05) is 5.92 Å². The zero-order valence-electron chi connectivity index (χ0n) is 9.59. The van der Waals surface area contributed by atoms with Gasteiger partial charge in [-0.25, -0.2) is 0 Å². The van der Waals surface area contributed by atoms with Crippen molar-refractivity contribution in [3.8, 4) is 0 Å². The summed E-state index contributed by atoms with van der Waals surface area (Å²) in [5.41, 5.74) is 0. The molecule has 16 heavy (non-hydrogen) atoms. The molecule has 0 spiro atoms. The van der Waals surface area contributed by atoms with E-state index in [1.54, 1.807) is 0 Å². The molecule has 2 saturated carbocycles. The Morgan fingerprint density at radius 3 is 2.69 bits per heavy atom. The van der Waals surface area contributed by atoms with Crippen molar-refractivity contribution in [3.05, 3.63) is 11.7 Å². The Hall–Kier alpha value is -0.900. The highest BCUT2D eigenvalue weighted by molar-refractivity contribution is 5.09. The third-order valence-electron chi connectivity index (χ3n) is 3.95. The first kappa shape index (κ1) is 10.3. The van der Waals surface area contributed by atoms with E-state index >= 15 is 0 Å². The van der Waals surface area contributed by atoms with Crippen LogP contribution in [0.2, 0.25) is 0 Å². The summed E-state index contributed by atoms with van der Waals surface area (Å²) in [6.07, 6.45) is 4.98. The predicted molar refractivity (Wildman–Crippen MR) is 58.0 cm³/mol. The second-order valence-electron chi connectivity index (χ2n) is 5.27. The molecule has 1 aromatic heterocycles. The number of hydrogen-bond donors (Lipinski definition) is 1. The summed E-state index contributed by atoms with van der Waals surface area (Å²) < 4.78 is 5.30. The number of hydrogen-bond acceptors (Lipinski definition) is 4. The molecule has 88 valence electrons. The summed E-state index contributed by atoms with van der Waals surface area (Å²) in [6, 6.07) is 0. The second-order valence-corrected chi connectivity index (χ2v) is 5.27. The quantitative estimate of drug-likeness (QED) is 0.833. The monoisotopic (exact) mass is 222 g/mol. The summed E-state index contributed by atoms with van der Waals surface area (Å²) in [7, 11) is 0. The van der Waals surface area contributed by atoms with Crippen molar-refractivity contribution in [3.63, 3.8) is 0 Å². The van der Waals surface area contributed by atoms with Crippen molar-refractivity contribution in [1.82, 2.24) is 10.1 Å². The van der Waals surface area contributed by atoms with Crippen molar-refractivity contribution in [1.29, 1.82) is 0 Å². The van der Waals surface area contributed by atoms with Crippen molar-refractivity contribution < 1.29 is 9.63 Å². The molecule has 4 nitrogen and oxygen atoms in total. The number of aliphatic hydroxyl groups is 1. The van der Waals surface area contributed by atoms with Crippen LogP contribution in [-0.4, -0.2) is 21.4 Å². The van der Waals surface area contributed by atoms with Crippen LogP contribution < -0.4 is 0 Å². The van der Waals surface area contributed by atoms with Crippen LogP contribution >= 0.6 is 0 Å². The molecule has 2 aliphatic carbocycles. The molecule has 4 atom stereocenters. The molecule has 0 aliphatic heterocycles. The van der Waals surface area contributed by atoms with Crippen LogP contribution in [0.4, 0.5) is 0 Å². The fraction of sp³-hybridized carbons (Fsp3) is 0.833. The molecule has 1 aromatic rings. The zero-order chi connectivity index (χ0) is 11.1. The number of aromatic nitrogens is 2. The van der Waals surface area contributed by atoms with Gasteiger partial charge in [0.15, 0.2) is 5.82 Å². The lowest BCUT2D eigenvalue weighted by molar-refractivity contribution is 0.0908. The first-order chi connectivity index (χ1) is 7.75. The Morgan fingerprint density at radius 2 is 2.00 bits per heavy atom. The van der Waals surface area contributed by atoms with Crippen LogP contribution in [0.1, 0.15) is 62.6 Å². The zero-order valence-corrected chi connectivity index (χ0v) is 9.59. The van der Waals surface area contributed by atoms with Gasteiger partial charge in [-0.05, 0) is 25.2 Å². The summed E-state index contributed by atoms with van der Waals surface area (Å²) in [6.45, 7) is 2.20. The molecule has 1 heterocycles. The lowest BCUT2D eigenvalue weighted by Gasteiger charge is -2.24. The van der Waals surface area contributed by atoms with Crippen molar-refractivity contribution in [2.45, 2.75) is 57.0 Å². The maximum Gasteiger partial charge on any atom is 0.232 e.